The van der Waals surface area contributed by atoms with Crippen LogP contribution in [0.25, 0.3) is 16.9 Å². The highest BCUT2D eigenvalue weighted by molar-refractivity contribution is 6.30. The van der Waals surface area contributed by atoms with Crippen LogP contribution in [0, 0.1) is 11.3 Å². The van der Waals surface area contributed by atoms with Crippen LogP contribution in [0.3, 0.4) is 0 Å². The van der Waals surface area contributed by atoms with Crippen molar-refractivity contribution < 1.29 is 0 Å². The molecule has 5 rings (SSSR count). The van der Waals surface area contributed by atoms with Crippen LogP contribution in [0.15, 0.2) is 103 Å². The van der Waals surface area contributed by atoms with Crippen molar-refractivity contribution in [2.24, 2.45) is 0 Å². The summed E-state index contributed by atoms with van der Waals surface area (Å²) in [5.74, 6) is 0.512. The minimum Gasteiger partial charge on any atom is -0.330 e. The van der Waals surface area contributed by atoms with Gasteiger partial charge < -0.3 is 4.57 Å². The Hall–Kier alpha value is -4.47. The van der Waals surface area contributed by atoms with Crippen molar-refractivity contribution in [2.75, 3.05) is 0 Å². The standard InChI is InChI=1S/C28H20ClN5O/c29-24-9-11-28(35)34(18-24)27-10-7-21(15-32-27)17-33-19-31-16-25(33)12-20-6-8-23(14-30)26(13-20)22-4-2-1-3-5-22/h1-11,13,15-16,18-19H,12,17H2. The highest BCUT2D eigenvalue weighted by Crippen LogP contribution is 2.25. The van der Waals surface area contributed by atoms with E-state index in [1.807, 2.05) is 54.7 Å². The molecular weight excluding hydrogens is 458 g/mol. The van der Waals surface area contributed by atoms with Crippen molar-refractivity contribution in [3.8, 4) is 23.0 Å². The Morgan fingerprint density at radius 2 is 1.77 bits per heavy atom. The smallest absolute Gasteiger partial charge is 0.256 e. The van der Waals surface area contributed by atoms with E-state index in [4.69, 9.17) is 11.6 Å². The van der Waals surface area contributed by atoms with E-state index in [0.717, 1.165) is 27.9 Å². The number of nitrogens with zero attached hydrogens (tertiary/aromatic N) is 5. The molecule has 5 aromatic rings. The molecule has 0 spiro atoms. The zero-order valence-electron chi connectivity index (χ0n) is 18.7. The van der Waals surface area contributed by atoms with Crippen molar-refractivity contribution >= 4 is 11.6 Å². The lowest BCUT2D eigenvalue weighted by Gasteiger charge is -2.11. The third kappa shape index (κ3) is 4.91. The van der Waals surface area contributed by atoms with Gasteiger partial charge in [0.2, 0.25) is 0 Å². The number of pyridine rings is 2. The normalized spacial score (nSPS) is 10.7. The molecule has 3 aromatic heterocycles. The Morgan fingerprint density at radius 1 is 0.943 bits per heavy atom. The molecule has 35 heavy (non-hydrogen) atoms. The van der Waals surface area contributed by atoms with Crippen LogP contribution in [0.5, 0.6) is 0 Å². The second-order valence-electron chi connectivity index (χ2n) is 8.13. The number of hydrogen-bond acceptors (Lipinski definition) is 4. The molecule has 0 aliphatic heterocycles. The first-order valence-electron chi connectivity index (χ1n) is 11.0. The van der Waals surface area contributed by atoms with Gasteiger partial charge in [0.15, 0.2) is 0 Å². The summed E-state index contributed by atoms with van der Waals surface area (Å²) in [6.45, 7) is 0.592. The van der Waals surface area contributed by atoms with Crippen molar-refractivity contribution in [1.82, 2.24) is 19.1 Å². The monoisotopic (exact) mass is 477 g/mol. The van der Waals surface area contributed by atoms with E-state index in [9.17, 15) is 10.1 Å². The fraction of sp³-hybridized carbons (Fsp3) is 0.0714. The van der Waals surface area contributed by atoms with Gasteiger partial charge in [-0.15, -0.1) is 0 Å². The molecule has 0 saturated carbocycles. The van der Waals surface area contributed by atoms with Crippen LogP contribution in [0.1, 0.15) is 22.4 Å². The number of halogens is 1. The largest absolute Gasteiger partial charge is 0.330 e. The lowest BCUT2D eigenvalue weighted by Crippen LogP contribution is -2.17. The third-order valence-electron chi connectivity index (χ3n) is 5.76. The molecule has 6 nitrogen and oxygen atoms in total. The van der Waals surface area contributed by atoms with Crippen LogP contribution < -0.4 is 5.56 Å². The highest BCUT2D eigenvalue weighted by atomic mass is 35.5. The molecule has 0 aliphatic rings. The van der Waals surface area contributed by atoms with E-state index < -0.39 is 0 Å². The number of aromatic nitrogens is 4. The molecule has 2 aromatic carbocycles. The topological polar surface area (TPSA) is 76.5 Å². The van der Waals surface area contributed by atoms with Gasteiger partial charge in [-0.3, -0.25) is 9.36 Å². The molecule has 3 heterocycles. The summed E-state index contributed by atoms with van der Waals surface area (Å²) in [5.41, 5.74) is 5.52. The van der Waals surface area contributed by atoms with Crippen molar-refractivity contribution in [3.05, 3.63) is 135 Å². The fourth-order valence-electron chi connectivity index (χ4n) is 3.99. The predicted octanol–water partition coefficient (Wildman–Crippen LogP) is 5.26. The van der Waals surface area contributed by atoms with Gasteiger partial charge in [-0.2, -0.15) is 5.26 Å². The van der Waals surface area contributed by atoms with E-state index in [2.05, 4.69) is 26.7 Å². The number of nitriles is 1. The molecular formula is C28H20ClN5O. The third-order valence-corrected chi connectivity index (χ3v) is 5.98. The fourth-order valence-corrected chi connectivity index (χ4v) is 4.15. The molecule has 0 N–H and O–H groups in total. The SMILES string of the molecule is N#Cc1ccc(Cc2cncn2Cc2ccc(-n3cc(Cl)ccc3=O)nc2)cc1-c1ccccc1. The molecule has 0 amide bonds. The van der Waals surface area contributed by atoms with E-state index in [-0.39, 0.29) is 5.56 Å². The molecule has 170 valence electrons. The van der Waals surface area contributed by atoms with Crippen LogP contribution >= 0.6 is 11.6 Å². The molecule has 0 aliphatic carbocycles. The summed E-state index contributed by atoms with van der Waals surface area (Å²) < 4.78 is 3.49. The lowest BCUT2D eigenvalue weighted by atomic mass is 9.96. The molecule has 0 saturated heterocycles. The van der Waals surface area contributed by atoms with E-state index in [1.165, 1.54) is 10.6 Å². The first kappa shape index (κ1) is 22.3. The van der Waals surface area contributed by atoms with Crippen LogP contribution in [-0.4, -0.2) is 19.1 Å². The second-order valence-corrected chi connectivity index (χ2v) is 8.56. The van der Waals surface area contributed by atoms with Crippen molar-refractivity contribution in [2.45, 2.75) is 13.0 Å². The van der Waals surface area contributed by atoms with E-state index in [1.54, 1.807) is 30.9 Å². The molecule has 0 atom stereocenters. The Kier molecular flexibility index (Phi) is 6.25. The second kappa shape index (κ2) is 9.80. The molecule has 0 bridgehead atoms. The summed E-state index contributed by atoms with van der Waals surface area (Å²) >= 11 is 6.02. The lowest BCUT2D eigenvalue weighted by molar-refractivity contribution is 0.749. The molecule has 0 unspecified atom stereocenters. The van der Waals surface area contributed by atoms with Crippen LogP contribution in [0.2, 0.25) is 5.02 Å². The Labute approximate surface area is 207 Å². The summed E-state index contributed by atoms with van der Waals surface area (Å²) in [5, 5.41) is 10.0. The summed E-state index contributed by atoms with van der Waals surface area (Å²) in [7, 11) is 0. The number of benzene rings is 2. The quantitative estimate of drug-likeness (QED) is 0.334. The van der Waals surface area contributed by atoms with Gasteiger partial charge in [-0.1, -0.05) is 54.1 Å². The van der Waals surface area contributed by atoms with Crippen LogP contribution in [-0.2, 0) is 13.0 Å². The first-order valence-corrected chi connectivity index (χ1v) is 11.4. The van der Waals surface area contributed by atoms with Gasteiger partial charge in [-0.25, -0.2) is 9.97 Å². The number of hydrogen-bond donors (Lipinski definition) is 0. The minimum absolute atomic E-state index is 0.191. The first-order chi connectivity index (χ1) is 17.1. The zero-order valence-corrected chi connectivity index (χ0v) is 19.4. The molecule has 7 heteroatoms. The van der Waals surface area contributed by atoms with Gasteiger partial charge in [0.05, 0.1) is 29.5 Å². The molecule has 0 fully saturated rings. The maximum atomic E-state index is 12.1. The summed E-state index contributed by atoms with van der Waals surface area (Å²) in [6.07, 6.45) is 7.64. The maximum Gasteiger partial charge on any atom is 0.256 e. The Bertz CT molecular complexity index is 1580. The number of rotatable bonds is 6. The van der Waals surface area contributed by atoms with Crippen LogP contribution in [0.4, 0.5) is 0 Å². The molecule has 0 radical (unpaired) electrons. The van der Waals surface area contributed by atoms with Gasteiger partial charge in [0.1, 0.15) is 5.82 Å². The van der Waals surface area contributed by atoms with Gasteiger partial charge in [-0.05, 0) is 46.5 Å². The van der Waals surface area contributed by atoms with Gasteiger partial charge in [0.25, 0.3) is 5.56 Å². The van der Waals surface area contributed by atoms with Gasteiger partial charge in [0, 0.05) is 36.8 Å². The van der Waals surface area contributed by atoms with Gasteiger partial charge >= 0.3 is 0 Å². The Morgan fingerprint density at radius 3 is 2.54 bits per heavy atom. The van der Waals surface area contributed by atoms with E-state index >= 15 is 0 Å². The Balaban J connectivity index is 1.37. The zero-order chi connectivity index (χ0) is 24.2. The maximum absolute atomic E-state index is 12.1. The predicted molar refractivity (Wildman–Crippen MR) is 136 cm³/mol. The average Bonchev–Trinajstić information content (AvgIpc) is 3.32. The van der Waals surface area contributed by atoms with Crippen molar-refractivity contribution in [1.29, 1.82) is 5.26 Å². The minimum atomic E-state index is -0.191. The van der Waals surface area contributed by atoms with E-state index in [0.29, 0.717) is 29.4 Å². The summed E-state index contributed by atoms with van der Waals surface area (Å²) in [4.78, 5) is 20.9. The van der Waals surface area contributed by atoms with Crippen molar-refractivity contribution in [3.63, 3.8) is 0 Å². The highest BCUT2D eigenvalue weighted by Gasteiger charge is 2.10. The average molecular weight is 478 g/mol. The summed E-state index contributed by atoms with van der Waals surface area (Å²) in [6, 6.07) is 24.9. The number of imidazole rings is 1.